The maximum atomic E-state index is 6.59. The molecule has 1 aliphatic carbocycles. The van der Waals surface area contributed by atoms with Gasteiger partial charge in [-0.2, -0.15) is 0 Å². The Morgan fingerprint density at radius 3 is 2.63 bits per heavy atom. The quantitative estimate of drug-likeness (QED) is 0.705. The van der Waals surface area contributed by atoms with Gasteiger partial charge in [0.25, 0.3) is 0 Å². The van der Waals surface area contributed by atoms with Crippen molar-refractivity contribution >= 4 is 37.4 Å². The monoisotopic (exact) mass is 337 g/mol. The first-order chi connectivity index (χ1) is 9.27. The molecule has 0 radical (unpaired) electrons. The van der Waals surface area contributed by atoms with Crippen LogP contribution in [0.5, 0.6) is 0 Å². The van der Waals surface area contributed by atoms with E-state index in [1.165, 1.54) is 58.6 Å². The van der Waals surface area contributed by atoms with E-state index in [2.05, 4.69) is 39.5 Å². The zero-order chi connectivity index (χ0) is 13.2. The first-order valence-corrected chi connectivity index (χ1v) is 8.86. The molecular formula is C16H20BrNS. The third-order valence-electron chi connectivity index (χ3n) is 4.35. The standard InChI is InChI=1S/C16H20BrNS/c17-14-9-5-8-12-13(10-19-16(12)14)15(18)11-6-3-1-2-4-7-11/h5,8-11,15H,1-4,6-7,18H2. The minimum atomic E-state index is 0.209. The van der Waals surface area contributed by atoms with Gasteiger partial charge in [-0.15, -0.1) is 11.3 Å². The molecule has 19 heavy (non-hydrogen) atoms. The van der Waals surface area contributed by atoms with Crippen molar-refractivity contribution in [2.45, 2.75) is 44.6 Å². The third-order valence-corrected chi connectivity index (χ3v) is 6.32. The van der Waals surface area contributed by atoms with Gasteiger partial charge in [0.15, 0.2) is 0 Å². The van der Waals surface area contributed by atoms with Gasteiger partial charge >= 0.3 is 0 Å². The first-order valence-electron chi connectivity index (χ1n) is 7.18. The molecule has 1 aromatic heterocycles. The number of hydrogen-bond donors (Lipinski definition) is 1. The predicted molar refractivity (Wildman–Crippen MR) is 87.6 cm³/mol. The summed E-state index contributed by atoms with van der Waals surface area (Å²) in [4.78, 5) is 0. The van der Waals surface area contributed by atoms with Gasteiger partial charge in [-0.3, -0.25) is 0 Å². The van der Waals surface area contributed by atoms with Gasteiger partial charge < -0.3 is 5.73 Å². The third kappa shape index (κ3) is 2.74. The van der Waals surface area contributed by atoms with Crippen LogP contribution in [0.15, 0.2) is 28.1 Å². The molecule has 0 saturated heterocycles. The molecule has 0 spiro atoms. The van der Waals surface area contributed by atoms with Crippen molar-refractivity contribution in [1.29, 1.82) is 0 Å². The van der Waals surface area contributed by atoms with Crippen molar-refractivity contribution in [2.24, 2.45) is 11.7 Å². The molecule has 1 fully saturated rings. The predicted octanol–water partition coefficient (Wildman–Crippen LogP) is 5.63. The highest BCUT2D eigenvalue weighted by Crippen LogP contribution is 2.39. The van der Waals surface area contributed by atoms with Gasteiger partial charge in [-0.25, -0.2) is 0 Å². The lowest BCUT2D eigenvalue weighted by molar-refractivity contribution is 0.384. The fourth-order valence-electron chi connectivity index (χ4n) is 3.22. The zero-order valence-corrected chi connectivity index (χ0v) is 13.5. The van der Waals surface area contributed by atoms with Gasteiger partial charge in [0.2, 0.25) is 0 Å². The van der Waals surface area contributed by atoms with Crippen LogP contribution in [0.4, 0.5) is 0 Å². The van der Waals surface area contributed by atoms with Crippen LogP contribution < -0.4 is 5.73 Å². The SMILES string of the molecule is NC(c1csc2c(Br)cccc12)C1CCCCCC1. The fraction of sp³-hybridized carbons (Fsp3) is 0.500. The topological polar surface area (TPSA) is 26.0 Å². The van der Waals surface area contributed by atoms with Crippen molar-refractivity contribution in [3.05, 3.63) is 33.6 Å². The summed E-state index contributed by atoms with van der Waals surface area (Å²) < 4.78 is 2.52. The highest BCUT2D eigenvalue weighted by molar-refractivity contribution is 9.10. The molecule has 1 saturated carbocycles. The van der Waals surface area contributed by atoms with Crippen LogP contribution in [0, 0.1) is 5.92 Å². The molecule has 3 rings (SSSR count). The average Bonchev–Trinajstić information content (AvgIpc) is 2.67. The minimum absolute atomic E-state index is 0.209. The molecule has 1 atom stereocenters. The zero-order valence-electron chi connectivity index (χ0n) is 11.1. The van der Waals surface area contributed by atoms with E-state index in [0.29, 0.717) is 5.92 Å². The molecule has 102 valence electrons. The molecule has 1 heterocycles. The van der Waals surface area contributed by atoms with Crippen LogP contribution >= 0.6 is 27.3 Å². The highest BCUT2D eigenvalue weighted by Gasteiger charge is 2.23. The van der Waals surface area contributed by atoms with Crippen molar-refractivity contribution < 1.29 is 0 Å². The van der Waals surface area contributed by atoms with Gasteiger partial charge in [-0.05, 0) is 57.1 Å². The maximum absolute atomic E-state index is 6.59. The maximum Gasteiger partial charge on any atom is 0.0488 e. The lowest BCUT2D eigenvalue weighted by Crippen LogP contribution is -2.20. The second kappa shape index (κ2) is 5.94. The summed E-state index contributed by atoms with van der Waals surface area (Å²) in [5.41, 5.74) is 7.95. The van der Waals surface area contributed by atoms with Gasteiger partial charge in [0.05, 0.1) is 0 Å². The highest BCUT2D eigenvalue weighted by atomic mass is 79.9. The van der Waals surface area contributed by atoms with Crippen LogP contribution in [0.1, 0.15) is 50.1 Å². The van der Waals surface area contributed by atoms with Crippen molar-refractivity contribution in [1.82, 2.24) is 0 Å². The summed E-state index contributed by atoms with van der Waals surface area (Å²) in [6, 6.07) is 6.64. The Labute approximate surface area is 127 Å². The Kier molecular flexibility index (Phi) is 4.25. The number of rotatable bonds is 2. The van der Waals surface area contributed by atoms with Crippen LogP contribution in [-0.4, -0.2) is 0 Å². The van der Waals surface area contributed by atoms with Crippen molar-refractivity contribution in [3.8, 4) is 0 Å². The number of fused-ring (bicyclic) bond motifs is 1. The first kappa shape index (κ1) is 13.6. The molecule has 1 unspecified atom stereocenters. The van der Waals surface area contributed by atoms with Gasteiger partial charge in [0.1, 0.15) is 0 Å². The van der Waals surface area contributed by atoms with Gasteiger partial charge in [-0.1, -0.05) is 37.8 Å². The smallest absolute Gasteiger partial charge is 0.0488 e. The fourth-order valence-corrected chi connectivity index (χ4v) is 4.89. The Morgan fingerprint density at radius 1 is 1.16 bits per heavy atom. The summed E-state index contributed by atoms with van der Waals surface area (Å²) in [7, 11) is 0. The molecule has 0 amide bonds. The number of thiophene rings is 1. The lowest BCUT2D eigenvalue weighted by atomic mass is 9.88. The van der Waals surface area contributed by atoms with Crippen LogP contribution in [0.25, 0.3) is 10.1 Å². The molecule has 1 nitrogen and oxygen atoms in total. The van der Waals surface area contributed by atoms with E-state index in [9.17, 15) is 0 Å². The summed E-state index contributed by atoms with van der Waals surface area (Å²) in [5.74, 6) is 0.666. The minimum Gasteiger partial charge on any atom is -0.324 e. The van der Waals surface area contributed by atoms with Crippen molar-refractivity contribution in [3.63, 3.8) is 0 Å². The molecule has 1 aromatic carbocycles. The van der Waals surface area contributed by atoms with E-state index in [4.69, 9.17) is 5.73 Å². The number of hydrogen-bond acceptors (Lipinski definition) is 2. The Morgan fingerprint density at radius 2 is 1.89 bits per heavy atom. The lowest BCUT2D eigenvalue weighted by Gasteiger charge is -2.22. The van der Waals surface area contributed by atoms with Crippen LogP contribution in [-0.2, 0) is 0 Å². The molecule has 3 heteroatoms. The van der Waals surface area contributed by atoms with E-state index < -0.39 is 0 Å². The molecule has 0 aliphatic heterocycles. The summed E-state index contributed by atoms with van der Waals surface area (Å²) in [6.07, 6.45) is 8.07. The van der Waals surface area contributed by atoms with Gasteiger partial charge in [0, 0.05) is 15.2 Å². The normalized spacial score (nSPS) is 19.5. The largest absolute Gasteiger partial charge is 0.324 e. The Bertz CT molecular complexity index is 555. The number of benzene rings is 1. The molecule has 2 aromatic rings. The summed E-state index contributed by atoms with van der Waals surface area (Å²) in [6.45, 7) is 0. The summed E-state index contributed by atoms with van der Waals surface area (Å²) >= 11 is 5.45. The summed E-state index contributed by atoms with van der Waals surface area (Å²) in [5, 5.41) is 3.61. The average molecular weight is 338 g/mol. The number of nitrogens with two attached hydrogens (primary N) is 1. The van der Waals surface area contributed by atoms with Crippen molar-refractivity contribution in [2.75, 3.05) is 0 Å². The van der Waals surface area contributed by atoms with E-state index >= 15 is 0 Å². The Balaban J connectivity index is 1.92. The Hall–Kier alpha value is -0.380. The molecule has 1 aliphatic rings. The molecule has 2 N–H and O–H groups in total. The second-order valence-corrected chi connectivity index (χ2v) is 7.32. The van der Waals surface area contributed by atoms with Crippen LogP contribution in [0.3, 0.4) is 0 Å². The molecular weight excluding hydrogens is 318 g/mol. The number of halogens is 1. The van der Waals surface area contributed by atoms with E-state index in [-0.39, 0.29) is 6.04 Å². The second-order valence-electron chi connectivity index (χ2n) is 5.58. The van der Waals surface area contributed by atoms with E-state index in [0.717, 1.165) is 0 Å². The van der Waals surface area contributed by atoms with E-state index in [1.54, 1.807) is 0 Å². The molecule has 0 bridgehead atoms. The van der Waals surface area contributed by atoms with Crippen LogP contribution in [0.2, 0.25) is 0 Å². The van der Waals surface area contributed by atoms with E-state index in [1.807, 2.05) is 11.3 Å².